The topological polar surface area (TPSA) is 26.0 Å². The molecule has 0 amide bonds. The van der Waals surface area contributed by atoms with Crippen LogP contribution in [0.3, 0.4) is 0 Å². The predicted octanol–water partition coefficient (Wildman–Crippen LogP) is 2.93. The molecule has 1 nitrogen and oxygen atoms in total. The van der Waals surface area contributed by atoms with Gasteiger partial charge in [-0.1, -0.05) is 17.7 Å². The zero-order chi connectivity index (χ0) is 10.3. The molecule has 0 spiro atoms. The molecule has 0 saturated heterocycles. The summed E-state index contributed by atoms with van der Waals surface area (Å²) in [5.74, 6) is 0.608. The highest BCUT2D eigenvalue weighted by atomic mass is 35.5. The molecule has 1 aliphatic carbocycles. The number of nitrogens with two attached hydrogens (primary N) is 1. The maximum Gasteiger partial charge on any atom is 0.142 e. The van der Waals surface area contributed by atoms with E-state index in [2.05, 4.69) is 0 Å². The molecule has 1 fully saturated rings. The van der Waals surface area contributed by atoms with E-state index in [4.69, 9.17) is 17.3 Å². The van der Waals surface area contributed by atoms with Gasteiger partial charge in [0, 0.05) is 6.04 Å². The van der Waals surface area contributed by atoms with Crippen LogP contribution in [-0.4, -0.2) is 6.04 Å². The Morgan fingerprint density at radius 1 is 1.57 bits per heavy atom. The van der Waals surface area contributed by atoms with E-state index in [1.807, 2.05) is 13.0 Å². The van der Waals surface area contributed by atoms with Crippen molar-refractivity contribution in [3.63, 3.8) is 0 Å². The zero-order valence-corrected chi connectivity index (χ0v) is 8.76. The molecular formula is C11H13ClFN. The number of rotatable bonds is 2. The summed E-state index contributed by atoms with van der Waals surface area (Å²) in [6.07, 6.45) is 1.07. The molecule has 0 bridgehead atoms. The van der Waals surface area contributed by atoms with Gasteiger partial charge >= 0.3 is 0 Å². The van der Waals surface area contributed by atoms with Gasteiger partial charge in [-0.15, -0.1) is 0 Å². The fourth-order valence-electron chi connectivity index (χ4n) is 1.92. The molecule has 1 aliphatic rings. The summed E-state index contributed by atoms with van der Waals surface area (Å²) in [5.41, 5.74) is 6.80. The minimum Gasteiger partial charge on any atom is -0.328 e. The Morgan fingerprint density at radius 2 is 2.29 bits per heavy atom. The van der Waals surface area contributed by atoms with Crippen LogP contribution in [0.2, 0.25) is 5.02 Å². The van der Waals surface area contributed by atoms with Crippen molar-refractivity contribution < 1.29 is 4.39 Å². The van der Waals surface area contributed by atoms with E-state index in [-0.39, 0.29) is 16.9 Å². The quantitative estimate of drug-likeness (QED) is 0.803. The van der Waals surface area contributed by atoms with Gasteiger partial charge in [-0.25, -0.2) is 4.39 Å². The molecule has 1 saturated carbocycles. The normalized spacial score (nSPS) is 27.4. The maximum absolute atomic E-state index is 13.1. The van der Waals surface area contributed by atoms with Crippen LogP contribution in [0.1, 0.15) is 24.8 Å². The Hall–Kier alpha value is -0.600. The summed E-state index contributed by atoms with van der Waals surface area (Å²) in [6, 6.07) is 5.22. The highest BCUT2D eigenvalue weighted by Gasteiger charge is 2.40. The fourth-order valence-corrected chi connectivity index (χ4v) is 2.04. The van der Waals surface area contributed by atoms with Crippen LogP contribution >= 0.6 is 11.6 Å². The van der Waals surface area contributed by atoms with E-state index >= 15 is 0 Å². The average Bonchev–Trinajstić information content (AvgIpc) is 2.89. The molecule has 3 heteroatoms. The molecule has 76 valence electrons. The van der Waals surface area contributed by atoms with Crippen LogP contribution < -0.4 is 5.73 Å². The Morgan fingerprint density at radius 3 is 2.79 bits per heavy atom. The molecule has 1 aromatic carbocycles. The lowest BCUT2D eigenvalue weighted by Gasteiger charge is -2.04. The third kappa shape index (κ3) is 1.77. The Balaban J connectivity index is 2.16. The Kier molecular flexibility index (Phi) is 2.50. The van der Waals surface area contributed by atoms with Crippen LogP contribution in [0, 0.1) is 11.7 Å². The number of halogens is 2. The maximum atomic E-state index is 13.1. The van der Waals surface area contributed by atoms with Crippen LogP contribution in [-0.2, 0) is 0 Å². The molecule has 0 aromatic heterocycles. The summed E-state index contributed by atoms with van der Waals surface area (Å²) in [7, 11) is 0. The van der Waals surface area contributed by atoms with E-state index in [1.54, 1.807) is 6.07 Å². The number of hydrogen-bond donors (Lipinski definition) is 1. The minimum absolute atomic E-state index is 0.187. The van der Waals surface area contributed by atoms with Crippen molar-refractivity contribution in [3.05, 3.63) is 34.6 Å². The van der Waals surface area contributed by atoms with E-state index in [0.29, 0.717) is 11.8 Å². The summed E-state index contributed by atoms with van der Waals surface area (Å²) < 4.78 is 13.1. The monoisotopic (exact) mass is 213 g/mol. The van der Waals surface area contributed by atoms with Gasteiger partial charge in [-0.2, -0.15) is 0 Å². The van der Waals surface area contributed by atoms with Crippen LogP contribution in [0.5, 0.6) is 0 Å². The fraction of sp³-hybridized carbons (Fsp3) is 0.455. The SMILES string of the molecule is CC(N)C1CC1c1ccc(Cl)c(F)c1. The van der Waals surface area contributed by atoms with Crippen LogP contribution in [0.15, 0.2) is 18.2 Å². The lowest BCUT2D eigenvalue weighted by atomic mass is 10.1. The first-order chi connectivity index (χ1) is 6.59. The smallest absolute Gasteiger partial charge is 0.142 e. The number of benzene rings is 1. The van der Waals surface area contributed by atoms with E-state index in [0.717, 1.165) is 12.0 Å². The molecule has 1 aromatic rings. The van der Waals surface area contributed by atoms with Crippen molar-refractivity contribution in [2.45, 2.75) is 25.3 Å². The Bertz CT molecular complexity index is 351. The standard InChI is InChI=1S/C11H13ClFN/c1-6(14)8-5-9(8)7-2-3-10(12)11(13)4-7/h2-4,6,8-9H,5,14H2,1H3. The van der Waals surface area contributed by atoms with Gasteiger partial charge in [-0.3, -0.25) is 0 Å². The third-order valence-corrected chi connectivity index (χ3v) is 3.19. The molecule has 0 heterocycles. The van der Waals surface area contributed by atoms with Crippen molar-refractivity contribution in [2.24, 2.45) is 11.7 Å². The molecule has 14 heavy (non-hydrogen) atoms. The number of hydrogen-bond acceptors (Lipinski definition) is 1. The van der Waals surface area contributed by atoms with Crippen molar-refractivity contribution in [2.75, 3.05) is 0 Å². The summed E-state index contributed by atoms with van der Waals surface area (Å²) in [6.45, 7) is 2.00. The average molecular weight is 214 g/mol. The second-order valence-corrected chi connectivity index (χ2v) is 4.45. The molecule has 0 aliphatic heterocycles. The molecule has 2 N–H and O–H groups in total. The van der Waals surface area contributed by atoms with Crippen LogP contribution in [0.4, 0.5) is 4.39 Å². The van der Waals surface area contributed by atoms with Gasteiger partial charge in [0.25, 0.3) is 0 Å². The van der Waals surface area contributed by atoms with Gasteiger partial charge < -0.3 is 5.73 Å². The van der Waals surface area contributed by atoms with E-state index in [1.165, 1.54) is 6.07 Å². The first kappa shape index (κ1) is 9.94. The van der Waals surface area contributed by atoms with Gasteiger partial charge in [0.05, 0.1) is 5.02 Å². The minimum atomic E-state index is -0.334. The summed E-state index contributed by atoms with van der Waals surface area (Å²) in [5, 5.41) is 0.187. The lowest BCUT2D eigenvalue weighted by molar-refractivity contribution is 0.616. The third-order valence-electron chi connectivity index (χ3n) is 2.89. The van der Waals surface area contributed by atoms with Crippen molar-refractivity contribution in [3.8, 4) is 0 Å². The highest BCUT2D eigenvalue weighted by molar-refractivity contribution is 6.30. The molecule has 2 rings (SSSR count). The largest absolute Gasteiger partial charge is 0.328 e. The van der Waals surface area contributed by atoms with Gasteiger partial charge in [0.1, 0.15) is 5.82 Å². The van der Waals surface area contributed by atoms with Gasteiger partial charge in [0.2, 0.25) is 0 Å². The molecule has 3 unspecified atom stereocenters. The lowest BCUT2D eigenvalue weighted by Crippen LogP contribution is -2.17. The van der Waals surface area contributed by atoms with E-state index < -0.39 is 0 Å². The van der Waals surface area contributed by atoms with Crippen molar-refractivity contribution >= 4 is 11.6 Å². The molecular weight excluding hydrogens is 201 g/mol. The predicted molar refractivity (Wildman–Crippen MR) is 55.9 cm³/mol. The van der Waals surface area contributed by atoms with Crippen molar-refractivity contribution in [1.82, 2.24) is 0 Å². The van der Waals surface area contributed by atoms with E-state index in [9.17, 15) is 4.39 Å². The Labute approximate surface area is 88.1 Å². The highest BCUT2D eigenvalue weighted by Crippen LogP contribution is 2.49. The van der Waals surface area contributed by atoms with Crippen molar-refractivity contribution in [1.29, 1.82) is 0 Å². The summed E-state index contributed by atoms with van der Waals surface area (Å²) >= 11 is 5.60. The molecule has 3 atom stereocenters. The second kappa shape index (κ2) is 3.52. The zero-order valence-electron chi connectivity index (χ0n) is 8.00. The van der Waals surface area contributed by atoms with Gasteiger partial charge in [-0.05, 0) is 42.9 Å². The van der Waals surface area contributed by atoms with Gasteiger partial charge in [0.15, 0.2) is 0 Å². The molecule has 0 radical (unpaired) electrons. The summed E-state index contributed by atoms with van der Waals surface area (Å²) in [4.78, 5) is 0. The second-order valence-electron chi connectivity index (χ2n) is 4.04. The first-order valence-corrected chi connectivity index (χ1v) is 5.18. The first-order valence-electron chi connectivity index (χ1n) is 4.80. The van der Waals surface area contributed by atoms with Crippen LogP contribution in [0.25, 0.3) is 0 Å².